The number of hydrogen-bond donors (Lipinski definition) is 0. The average Bonchev–Trinajstić information content (AvgIpc) is 2.29. The Hall–Kier alpha value is -1.82. The van der Waals surface area contributed by atoms with Crippen LogP contribution in [0, 0.1) is 11.3 Å². The van der Waals surface area contributed by atoms with E-state index in [9.17, 15) is 4.79 Å². The number of rotatable bonds is 4. The van der Waals surface area contributed by atoms with Crippen LogP contribution in [-0.2, 0) is 16.0 Å². The second-order valence-corrected chi connectivity index (χ2v) is 3.13. The van der Waals surface area contributed by atoms with Crippen molar-refractivity contribution in [3.63, 3.8) is 0 Å². The molecule has 78 valence electrons. The lowest BCUT2D eigenvalue weighted by Gasteiger charge is -2.03. The first kappa shape index (κ1) is 11.3. The topological polar surface area (TPSA) is 50.1 Å². The summed E-state index contributed by atoms with van der Waals surface area (Å²) in [6, 6.07) is 9.32. The van der Waals surface area contributed by atoms with Gasteiger partial charge in [0.05, 0.1) is 18.2 Å². The van der Waals surface area contributed by atoms with Crippen molar-refractivity contribution in [2.45, 2.75) is 19.8 Å². The largest absolute Gasteiger partial charge is 0.465 e. The minimum atomic E-state index is -0.177. The first-order chi connectivity index (χ1) is 7.26. The summed E-state index contributed by atoms with van der Waals surface area (Å²) in [4.78, 5) is 10.8. The van der Waals surface area contributed by atoms with Gasteiger partial charge in [0.25, 0.3) is 0 Å². The van der Waals surface area contributed by atoms with Gasteiger partial charge >= 0.3 is 5.97 Å². The average molecular weight is 203 g/mol. The lowest BCUT2D eigenvalue weighted by Crippen LogP contribution is -2.05. The number of nitriles is 1. The van der Waals surface area contributed by atoms with E-state index in [1.165, 1.54) is 0 Å². The second kappa shape index (κ2) is 5.82. The van der Waals surface area contributed by atoms with Gasteiger partial charge in [-0.05, 0) is 17.7 Å². The second-order valence-electron chi connectivity index (χ2n) is 3.13. The summed E-state index contributed by atoms with van der Waals surface area (Å²) in [5, 5.41) is 8.59. The van der Waals surface area contributed by atoms with Gasteiger partial charge in [0, 0.05) is 12.8 Å². The molecule has 0 aliphatic heterocycles. The number of benzene rings is 1. The molecule has 15 heavy (non-hydrogen) atoms. The molecule has 0 bridgehead atoms. The van der Waals surface area contributed by atoms with Gasteiger partial charge in [0.1, 0.15) is 0 Å². The van der Waals surface area contributed by atoms with E-state index in [-0.39, 0.29) is 5.97 Å². The molecule has 0 N–H and O–H groups in total. The molecule has 0 atom stereocenters. The van der Waals surface area contributed by atoms with E-state index in [1.54, 1.807) is 19.1 Å². The Balaban J connectivity index is 2.38. The van der Waals surface area contributed by atoms with Crippen molar-refractivity contribution in [3.8, 4) is 6.07 Å². The van der Waals surface area contributed by atoms with Gasteiger partial charge in [-0.2, -0.15) is 5.26 Å². The van der Waals surface area contributed by atoms with Crippen LogP contribution in [0.2, 0.25) is 0 Å². The van der Waals surface area contributed by atoms with Gasteiger partial charge in [0.2, 0.25) is 0 Å². The zero-order valence-corrected chi connectivity index (χ0v) is 8.69. The Bertz CT molecular complexity index is 362. The first-order valence-electron chi connectivity index (χ1n) is 4.91. The molecule has 0 amide bonds. The standard InChI is InChI=1S/C12H13NO2/c1-2-12(14)15-8-7-10-3-5-11(9-13)6-4-10/h3-6H,2,7-8H2,1H3. The van der Waals surface area contributed by atoms with Crippen LogP contribution in [0.15, 0.2) is 24.3 Å². The highest BCUT2D eigenvalue weighted by molar-refractivity contribution is 5.68. The fourth-order valence-electron chi connectivity index (χ4n) is 1.13. The third kappa shape index (κ3) is 3.82. The quantitative estimate of drug-likeness (QED) is 0.704. The van der Waals surface area contributed by atoms with Gasteiger partial charge in [-0.25, -0.2) is 0 Å². The van der Waals surface area contributed by atoms with E-state index < -0.39 is 0 Å². The molecule has 0 heterocycles. The number of nitrogens with zero attached hydrogens (tertiary/aromatic N) is 1. The van der Waals surface area contributed by atoms with Crippen LogP contribution in [0.5, 0.6) is 0 Å². The molecule has 0 spiro atoms. The van der Waals surface area contributed by atoms with Crippen molar-refractivity contribution < 1.29 is 9.53 Å². The number of carbonyl (C=O) groups is 1. The van der Waals surface area contributed by atoms with Gasteiger partial charge in [0.15, 0.2) is 0 Å². The summed E-state index contributed by atoms with van der Waals surface area (Å²) < 4.78 is 4.95. The summed E-state index contributed by atoms with van der Waals surface area (Å²) in [7, 11) is 0. The first-order valence-corrected chi connectivity index (χ1v) is 4.91. The Morgan fingerprint density at radius 1 is 1.40 bits per heavy atom. The van der Waals surface area contributed by atoms with Crippen LogP contribution in [-0.4, -0.2) is 12.6 Å². The number of carbonyl (C=O) groups excluding carboxylic acids is 1. The molecule has 1 aromatic rings. The van der Waals surface area contributed by atoms with E-state index in [4.69, 9.17) is 10.00 Å². The summed E-state index contributed by atoms with van der Waals surface area (Å²) >= 11 is 0. The number of esters is 1. The van der Waals surface area contributed by atoms with E-state index in [2.05, 4.69) is 6.07 Å². The molecule has 3 heteroatoms. The SMILES string of the molecule is CCC(=O)OCCc1ccc(C#N)cc1. The summed E-state index contributed by atoms with van der Waals surface area (Å²) in [6.07, 6.45) is 1.10. The number of ether oxygens (including phenoxy) is 1. The lowest BCUT2D eigenvalue weighted by molar-refractivity contribution is -0.143. The maximum absolute atomic E-state index is 10.8. The molecule has 0 radical (unpaired) electrons. The van der Waals surface area contributed by atoms with Crippen molar-refractivity contribution in [1.82, 2.24) is 0 Å². The van der Waals surface area contributed by atoms with Crippen LogP contribution in [0.4, 0.5) is 0 Å². The number of hydrogen-bond acceptors (Lipinski definition) is 3. The van der Waals surface area contributed by atoms with Crippen molar-refractivity contribution in [3.05, 3.63) is 35.4 Å². The third-order valence-electron chi connectivity index (χ3n) is 2.03. The predicted molar refractivity (Wildman–Crippen MR) is 56.1 cm³/mol. The molecule has 0 fully saturated rings. The molecule has 0 unspecified atom stereocenters. The zero-order valence-electron chi connectivity index (χ0n) is 8.69. The van der Waals surface area contributed by atoms with Gasteiger partial charge in [-0.15, -0.1) is 0 Å². The van der Waals surface area contributed by atoms with Crippen LogP contribution < -0.4 is 0 Å². The minimum absolute atomic E-state index is 0.177. The summed E-state index contributed by atoms with van der Waals surface area (Å²) in [5.74, 6) is -0.177. The highest BCUT2D eigenvalue weighted by Gasteiger charge is 1.98. The summed E-state index contributed by atoms with van der Waals surface area (Å²) in [5.41, 5.74) is 1.71. The van der Waals surface area contributed by atoms with Gasteiger partial charge < -0.3 is 4.74 Å². The lowest BCUT2D eigenvalue weighted by atomic mass is 10.1. The highest BCUT2D eigenvalue weighted by Crippen LogP contribution is 2.04. The maximum Gasteiger partial charge on any atom is 0.305 e. The van der Waals surface area contributed by atoms with Crippen LogP contribution in [0.25, 0.3) is 0 Å². The fraction of sp³-hybridized carbons (Fsp3) is 0.333. The molecular formula is C12H13NO2. The third-order valence-corrected chi connectivity index (χ3v) is 2.03. The van der Waals surface area contributed by atoms with Crippen molar-refractivity contribution in [1.29, 1.82) is 5.26 Å². The minimum Gasteiger partial charge on any atom is -0.465 e. The highest BCUT2D eigenvalue weighted by atomic mass is 16.5. The molecule has 0 saturated carbocycles. The Labute approximate surface area is 89.3 Å². The van der Waals surface area contributed by atoms with Crippen LogP contribution >= 0.6 is 0 Å². The fourth-order valence-corrected chi connectivity index (χ4v) is 1.13. The smallest absolute Gasteiger partial charge is 0.305 e. The molecule has 1 aromatic carbocycles. The zero-order chi connectivity index (χ0) is 11.1. The van der Waals surface area contributed by atoms with Crippen LogP contribution in [0.1, 0.15) is 24.5 Å². The Morgan fingerprint density at radius 2 is 2.07 bits per heavy atom. The molecule has 3 nitrogen and oxygen atoms in total. The normalized spacial score (nSPS) is 9.33. The van der Waals surface area contributed by atoms with E-state index in [1.807, 2.05) is 12.1 Å². The van der Waals surface area contributed by atoms with E-state index >= 15 is 0 Å². The van der Waals surface area contributed by atoms with Crippen LogP contribution in [0.3, 0.4) is 0 Å². The Morgan fingerprint density at radius 3 is 2.60 bits per heavy atom. The van der Waals surface area contributed by atoms with Crippen molar-refractivity contribution in [2.24, 2.45) is 0 Å². The monoisotopic (exact) mass is 203 g/mol. The van der Waals surface area contributed by atoms with Gasteiger partial charge in [-0.1, -0.05) is 19.1 Å². The molecule has 1 rings (SSSR count). The molecule has 0 aliphatic carbocycles. The van der Waals surface area contributed by atoms with Crippen molar-refractivity contribution >= 4 is 5.97 Å². The van der Waals surface area contributed by atoms with E-state index in [0.29, 0.717) is 25.0 Å². The van der Waals surface area contributed by atoms with Gasteiger partial charge in [-0.3, -0.25) is 4.79 Å². The maximum atomic E-state index is 10.8. The molecule has 0 aromatic heterocycles. The summed E-state index contributed by atoms with van der Waals surface area (Å²) in [6.45, 7) is 2.17. The Kier molecular flexibility index (Phi) is 4.36. The molecule has 0 aliphatic rings. The molecular weight excluding hydrogens is 190 g/mol. The molecule has 0 saturated heterocycles. The van der Waals surface area contributed by atoms with Crippen molar-refractivity contribution in [2.75, 3.05) is 6.61 Å². The van der Waals surface area contributed by atoms with E-state index in [0.717, 1.165) is 5.56 Å². The predicted octanol–water partition coefficient (Wildman–Crippen LogP) is 2.05.